The van der Waals surface area contributed by atoms with Gasteiger partial charge in [0.05, 0.1) is 28.7 Å². The zero-order chi connectivity index (χ0) is 19.4. The van der Waals surface area contributed by atoms with E-state index < -0.39 is 17.6 Å². The number of benzene rings is 2. The first-order chi connectivity index (χ1) is 12.8. The summed E-state index contributed by atoms with van der Waals surface area (Å²) in [4.78, 5) is 20.1. The van der Waals surface area contributed by atoms with Gasteiger partial charge in [0, 0.05) is 5.69 Å². The highest BCUT2D eigenvalue weighted by Crippen LogP contribution is 2.31. The Morgan fingerprint density at radius 2 is 1.78 bits per heavy atom. The van der Waals surface area contributed by atoms with Crippen molar-refractivity contribution in [3.63, 3.8) is 0 Å². The monoisotopic (exact) mass is 392 g/mol. The topological polar surface area (TPSA) is 66.9 Å². The predicted octanol–water partition coefficient (Wildman–Crippen LogP) is 5.14. The maximum absolute atomic E-state index is 12.7. The summed E-state index contributed by atoms with van der Waals surface area (Å²) in [6.07, 6.45) is -1.98. The number of halogens is 4. The van der Waals surface area contributed by atoms with Crippen LogP contribution in [0.5, 0.6) is 0 Å². The molecule has 2 N–H and O–H groups in total. The molecule has 1 amide bonds. The Hall–Kier alpha value is -3.13. The van der Waals surface area contributed by atoms with Gasteiger partial charge in [-0.1, -0.05) is 29.8 Å². The van der Waals surface area contributed by atoms with E-state index in [0.29, 0.717) is 10.7 Å². The summed E-state index contributed by atoms with van der Waals surface area (Å²) in [5, 5.41) is 5.69. The third-order valence-electron chi connectivity index (χ3n) is 3.47. The third kappa shape index (κ3) is 4.73. The molecule has 3 aromatic rings. The molecule has 0 bridgehead atoms. The Morgan fingerprint density at radius 1 is 1.00 bits per heavy atom. The number of para-hydroxylation sites is 1. The van der Waals surface area contributed by atoms with Crippen LogP contribution in [-0.2, 0) is 6.18 Å². The molecule has 0 aliphatic carbocycles. The number of carbonyl (C=O) groups is 1. The predicted molar refractivity (Wildman–Crippen MR) is 96.2 cm³/mol. The van der Waals surface area contributed by atoms with Gasteiger partial charge in [-0.2, -0.15) is 13.2 Å². The molecule has 0 aliphatic rings. The summed E-state index contributed by atoms with van der Waals surface area (Å²) in [5.41, 5.74) is -0.120. The van der Waals surface area contributed by atoms with Gasteiger partial charge in [0.1, 0.15) is 11.5 Å². The number of anilines is 3. The van der Waals surface area contributed by atoms with Crippen LogP contribution in [0.3, 0.4) is 0 Å². The van der Waals surface area contributed by atoms with Crippen LogP contribution in [0.4, 0.5) is 30.4 Å². The maximum Gasteiger partial charge on any atom is 0.416 e. The van der Waals surface area contributed by atoms with E-state index in [1.807, 2.05) is 0 Å². The second-order valence-corrected chi connectivity index (χ2v) is 5.83. The van der Waals surface area contributed by atoms with Gasteiger partial charge >= 0.3 is 6.18 Å². The first kappa shape index (κ1) is 18.7. The van der Waals surface area contributed by atoms with Crippen molar-refractivity contribution < 1.29 is 18.0 Å². The molecule has 1 heterocycles. The fourth-order valence-corrected chi connectivity index (χ4v) is 2.36. The molecule has 0 spiro atoms. The van der Waals surface area contributed by atoms with E-state index in [4.69, 9.17) is 11.6 Å². The van der Waals surface area contributed by atoms with E-state index in [1.54, 1.807) is 24.3 Å². The van der Waals surface area contributed by atoms with E-state index in [2.05, 4.69) is 20.6 Å². The minimum Gasteiger partial charge on any atom is -0.339 e. The summed E-state index contributed by atoms with van der Waals surface area (Å²) in [5.74, 6) is -0.315. The highest BCUT2D eigenvalue weighted by molar-refractivity contribution is 6.33. The molecule has 138 valence electrons. The number of aromatic nitrogens is 2. The van der Waals surface area contributed by atoms with Crippen molar-refractivity contribution in [3.8, 4) is 0 Å². The molecule has 0 atom stereocenters. The first-order valence-corrected chi connectivity index (χ1v) is 8.03. The Morgan fingerprint density at radius 3 is 2.44 bits per heavy atom. The molecule has 0 saturated heterocycles. The number of nitrogens with one attached hydrogen (secondary N) is 2. The van der Waals surface area contributed by atoms with Crippen LogP contribution in [0.1, 0.15) is 16.1 Å². The van der Waals surface area contributed by atoms with Gasteiger partial charge in [0.25, 0.3) is 5.91 Å². The zero-order valence-corrected chi connectivity index (χ0v) is 14.3. The maximum atomic E-state index is 12.7. The summed E-state index contributed by atoms with van der Waals surface area (Å²) < 4.78 is 38.2. The van der Waals surface area contributed by atoms with Crippen molar-refractivity contribution in [3.05, 3.63) is 77.2 Å². The van der Waals surface area contributed by atoms with Gasteiger partial charge in [-0.3, -0.25) is 4.79 Å². The van der Waals surface area contributed by atoms with Crippen LogP contribution >= 0.6 is 11.6 Å². The SMILES string of the molecule is O=C(Nc1ccccc1Cl)c1cnc(Nc2cccc(C(F)(F)F)c2)cn1. The largest absolute Gasteiger partial charge is 0.416 e. The number of nitrogens with zero attached hydrogens (tertiary/aromatic N) is 2. The third-order valence-corrected chi connectivity index (χ3v) is 3.80. The van der Waals surface area contributed by atoms with Gasteiger partial charge in [-0.15, -0.1) is 0 Å². The highest BCUT2D eigenvalue weighted by atomic mass is 35.5. The summed E-state index contributed by atoms with van der Waals surface area (Å²) in [6.45, 7) is 0. The van der Waals surface area contributed by atoms with Crippen molar-refractivity contribution >= 4 is 34.7 Å². The molecule has 3 rings (SSSR count). The lowest BCUT2D eigenvalue weighted by atomic mass is 10.2. The average molecular weight is 393 g/mol. The van der Waals surface area contributed by atoms with Crippen molar-refractivity contribution in [1.82, 2.24) is 9.97 Å². The minimum atomic E-state index is -4.44. The molecule has 0 aliphatic heterocycles. The van der Waals surface area contributed by atoms with Crippen LogP contribution in [-0.4, -0.2) is 15.9 Å². The number of hydrogen-bond donors (Lipinski definition) is 2. The van der Waals surface area contributed by atoms with E-state index in [-0.39, 0.29) is 17.2 Å². The number of hydrogen-bond acceptors (Lipinski definition) is 4. The Kier molecular flexibility index (Phi) is 5.27. The van der Waals surface area contributed by atoms with Crippen LogP contribution in [0.2, 0.25) is 5.02 Å². The molecule has 0 radical (unpaired) electrons. The Labute approximate surface area is 157 Å². The summed E-state index contributed by atoms with van der Waals surface area (Å²) in [6, 6.07) is 11.4. The van der Waals surface area contributed by atoms with Crippen LogP contribution in [0, 0.1) is 0 Å². The molecule has 0 fully saturated rings. The Bertz CT molecular complexity index is 961. The molecule has 27 heavy (non-hydrogen) atoms. The number of alkyl halides is 3. The van der Waals surface area contributed by atoms with Crippen molar-refractivity contribution in [2.45, 2.75) is 6.18 Å². The summed E-state index contributed by atoms with van der Waals surface area (Å²) >= 11 is 5.98. The molecule has 0 saturated carbocycles. The number of rotatable bonds is 4. The molecule has 2 aromatic carbocycles. The molecule has 9 heteroatoms. The number of carbonyl (C=O) groups excluding carboxylic acids is 1. The van der Waals surface area contributed by atoms with Gasteiger partial charge in [0.2, 0.25) is 0 Å². The standard InChI is InChI=1S/C18H12ClF3N4O/c19-13-6-1-2-7-14(13)26-17(27)15-9-24-16(10-23-15)25-12-5-3-4-11(8-12)18(20,21)22/h1-10H,(H,24,25)(H,26,27). The second-order valence-electron chi connectivity index (χ2n) is 5.42. The lowest BCUT2D eigenvalue weighted by Crippen LogP contribution is -2.14. The van der Waals surface area contributed by atoms with Crippen LogP contribution < -0.4 is 10.6 Å². The quantitative estimate of drug-likeness (QED) is 0.644. The highest BCUT2D eigenvalue weighted by Gasteiger charge is 2.30. The lowest BCUT2D eigenvalue weighted by Gasteiger charge is -2.10. The minimum absolute atomic E-state index is 0.0320. The van der Waals surface area contributed by atoms with E-state index in [9.17, 15) is 18.0 Å². The zero-order valence-electron chi connectivity index (χ0n) is 13.6. The van der Waals surface area contributed by atoms with Crippen LogP contribution in [0.15, 0.2) is 60.9 Å². The summed E-state index contributed by atoms with van der Waals surface area (Å²) in [7, 11) is 0. The molecule has 1 aromatic heterocycles. The first-order valence-electron chi connectivity index (χ1n) is 7.65. The van der Waals surface area contributed by atoms with Crippen LogP contribution in [0.25, 0.3) is 0 Å². The fraction of sp³-hybridized carbons (Fsp3) is 0.0556. The smallest absolute Gasteiger partial charge is 0.339 e. The molecule has 0 unspecified atom stereocenters. The van der Waals surface area contributed by atoms with E-state index in [0.717, 1.165) is 12.1 Å². The number of amides is 1. The van der Waals surface area contributed by atoms with Crippen molar-refractivity contribution in [2.75, 3.05) is 10.6 Å². The van der Waals surface area contributed by atoms with Gasteiger partial charge in [-0.25, -0.2) is 9.97 Å². The Balaban J connectivity index is 1.70. The average Bonchev–Trinajstić information content (AvgIpc) is 2.64. The van der Waals surface area contributed by atoms with Crippen molar-refractivity contribution in [2.24, 2.45) is 0 Å². The van der Waals surface area contributed by atoms with Gasteiger partial charge < -0.3 is 10.6 Å². The molecule has 5 nitrogen and oxygen atoms in total. The lowest BCUT2D eigenvalue weighted by molar-refractivity contribution is -0.137. The van der Waals surface area contributed by atoms with E-state index in [1.165, 1.54) is 24.5 Å². The van der Waals surface area contributed by atoms with Crippen molar-refractivity contribution in [1.29, 1.82) is 0 Å². The normalized spacial score (nSPS) is 11.1. The second kappa shape index (κ2) is 7.63. The fourth-order valence-electron chi connectivity index (χ4n) is 2.18. The van der Waals surface area contributed by atoms with E-state index >= 15 is 0 Å². The van der Waals surface area contributed by atoms with Gasteiger partial charge in [0.15, 0.2) is 0 Å². The molecular formula is C18H12ClF3N4O. The van der Waals surface area contributed by atoms with Gasteiger partial charge in [-0.05, 0) is 30.3 Å². The molecular weight excluding hydrogens is 381 g/mol.